The summed E-state index contributed by atoms with van der Waals surface area (Å²) < 4.78 is 0.646. The van der Waals surface area contributed by atoms with E-state index in [1.807, 2.05) is 22.6 Å². The average Bonchev–Trinajstić information content (AvgIpc) is 2.69. The second-order valence-electron chi connectivity index (χ2n) is 4.05. The largest absolute Gasteiger partial charge is 0.366 e. The number of nitrogens with one attached hydrogen (secondary N) is 3. The molecule has 6 heteroatoms. The SMILES string of the molecule is O=c1[nH]cnc(NC2C3CNCC32)c1I. The molecule has 0 spiro atoms. The lowest BCUT2D eigenvalue weighted by molar-refractivity contribution is 0.695. The normalized spacial score (nSPS) is 32.5. The third-order valence-corrected chi connectivity index (χ3v) is 4.19. The van der Waals surface area contributed by atoms with Gasteiger partial charge in [0.2, 0.25) is 0 Å². The van der Waals surface area contributed by atoms with Crippen molar-refractivity contribution in [2.45, 2.75) is 6.04 Å². The van der Waals surface area contributed by atoms with E-state index < -0.39 is 0 Å². The van der Waals surface area contributed by atoms with E-state index in [2.05, 4.69) is 20.6 Å². The van der Waals surface area contributed by atoms with Crippen LogP contribution in [0.2, 0.25) is 0 Å². The van der Waals surface area contributed by atoms with Crippen LogP contribution in [0.25, 0.3) is 0 Å². The molecule has 1 aromatic rings. The molecule has 3 rings (SSSR count). The Morgan fingerprint density at radius 3 is 2.93 bits per heavy atom. The van der Waals surface area contributed by atoms with Crippen molar-refractivity contribution in [3.63, 3.8) is 0 Å². The lowest BCUT2D eigenvalue weighted by atomic mass is 10.4. The Morgan fingerprint density at radius 1 is 1.47 bits per heavy atom. The Labute approximate surface area is 100 Å². The Morgan fingerprint density at radius 2 is 2.20 bits per heavy atom. The third kappa shape index (κ3) is 1.55. The quantitative estimate of drug-likeness (QED) is 0.672. The van der Waals surface area contributed by atoms with Crippen molar-refractivity contribution in [1.29, 1.82) is 0 Å². The van der Waals surface area contributed by atoms with Gasteiger partial charge in [0.1, 0.15) is 9.39 Å². The molecule has 1 aromatic heterocycles. The van der Waals surface area contributed by atoms with Crippen molar-refractivity contribution in [2.75, 3.05) is 18.4 Å². The van der Waals surface area contributed by atoms with Crippen LogP contribution in [-0.2, 0) is 0 Å². The maximum Gasteiger partial charge on any atom is 0.266 e. The highest BCUT2D eigenvalue weighted by Gasteiger charge is 2.53. The Balaban J connectivity index is 1.78. The van der Waals surface area contributed by atoms with E-state index in [4.69, 9.17) is 0 Å². The summed E-state index contributed by atoms with van der Waals surface area (Å²) >= 11 is 2.03. The number of aromatic nitrogens is 2. The number of hydrogen-bond donors (Lipinski definition) is 3. The number of aromatic amines is 1. The van der Waals surface area contributed by atoms with Crippen LogP contribution < -0.4 is 16.2 Å². The second kappa shape index (κ2) is 3.44. The van der Waals surface area contributed by atoms with Gasteiger partial charge in [-0.3, -0.25) is 4.79 Å². The number of fused-ring (bicyclic) bond motifs is 1. The van der Waals surface area contributed by atoms with Crippen LogP contribution in [0.5, 0.6) is 0 Å². The topological polar surface area (TPSA) is 69.8 Å². The minimum atomic E-state index is -0.0722. The van der Waals surface area contributed by atoms with Crippen molar-refractivity contribution in [2.24, 2.45) is 11.8 Å². The number of piperidine rings is 1. The second-order valence-corrected chi connectivity index (χ2v) is 5.13. The molecule has 1 aliphatic carbocycles. The van der Waals surface area contributed by atoms with Crippen LogP contribution in [0.3, 0.4) is 0 Å². The van der Waals surface area contributed by atoms with Crippen molar-refractivity contribution < 1.29 is 0 Å². The number of H-pyrrole nitrogens is 1. The zero-order valence-electron chi connectivity index (χ0n) is 7.96. The zero-order chi connectivity index (χ0) is 10.4. The molecule has 2 unspecified atom stereocenters. The monoisotopic (exact) mass is 318 g/mol. The van der Waals surface area contributed by atoms with E-state index in [0.29, 0.717) is 9.61 Å². The summed E-state index contributed by atoms with van der Waals surface area (Å²) in [6, 6.07) is 0.508. The van der Waals surface area contributed by atoms with Gasteiger partial charge < -0.3 is 15.6 Å². The predicted molar refractivity (Wildman–Crippen MR) is 64.8 cm³/mol. The van der Waals surface area contributed by atoms with E-state index in [1.165, 1.54) is 6.33 Å². The zero-order valence-corrected chi connectivity index (χ0v) is 10.1. The minimum Gasteiger partial charge on any atom is -0.366 e. The summed E-state index contributed by atoms with van der Waals surface area (Å²) in [5.74, 6) is 2.17. The molecule has 1 saturated heterocycles. The third-order valence-electron chi connectivity index (χ3n) is 3.19. The van der Waals surface area contributed by atoms with Crippen LogP contribution in [0.15, 0.2) is 11.1 Å². The number of hydrogen-bond acceptors (Lipinski definition) is 4. The summed E-state index contributed by atoms with van der Waals surface area (Å²) in [7, 11) is 0. The summed E-state index contributed by atoms with van der Waals surface area (Å²) in [4.78, 5) is 18.0. The first kappa shape index (κ1) is 9.59. The van der Waals surface area contributed by atoms with E-state index in [0.717, 1.165) is 30.7 Å². The highest BCUT2D eigenvalue weighted by molar-refractivity contribution is 14.1. The fourth-order valence-corrected chi connectivity index (χ4v) is 2.72. The van der Waals surface area contributed by atoms with Crippen molar-refractivity contribution in [3.8, 4) is 0 Å². The number of anilines is 1. The molecule has 2 heterocycles. The van der Waals surface area contributed by atoms with E-state index in [9.17, 15) is 4.79 Å². The summed E-state index contributed by atoms with van der Waals surface area (Å²) in [5.41, 5.74) is -0.0722. The van der Waals surface area contributed by atoms with E-state index in [-0.39, 0.29) is 5.56 Å². The van der Waals surface area contributed by atoms with Crippen LogP contribution >= 0.6 is 22.6 Å². The number of nitrogens with zero attached hydrogens (tertiary/aromatic N) is 1. The molecular formula is C9H11IN4O. The molecule has 1 saturated carbocycles. The molecule has 0 amide bonds. The summed E-state index contributed by atoms with van der Waals surface area (Å²) in [6.45, 7) is 2.17. The molecule has 0 radical (unpaired) electrons. The number of halogens is 1. The van der Waals surface area contributed by atoms with Gasteiger partial charge in [-0.05, 0) is 34.4 Å². The van der Waals surface area contributed by atoms with Gasteiger partial charge in [-0.25, -0.2) is 4.98 Å². The number of rotatable bonds is 2. The predicted octanol–water partition coefficient (Wildman–Crippen LogP) is 0.00420. The molecule has 2 aliphatic rings. The van der Waals surface area contributed by atoms with Gasteiger partial charge in [-0.1, -0.05) is 0 Å². The van der Waals surface area contributed by atoms with Crippen molar-refractivity contribution in [1.82, 2.24) is 15.3 Å². The van der Waals surface area contributed by atoms with Gasteiger partial charge in [-0.2, -0.15) is 0 Å². The average molecular weight is 318 g/mol. The first-order valence-corrected chi connectivity index (χ1v) is 6.05. The molecular weight excluding hydrogens is 307 g/mol. The molecule has 3 N–H and O–H groups in total. The van der Waals surface area contributed by atoms with Crippen LogP contribution in [0.1, 0.15) is 0 Å². The Bertz CT molecular complexity index is 436. The van der Waals surface area contributed by atoms with Crippen LogP contribution in [0.4, 0.5) is 5.82 Å². The van der Waals surface area contributed by atoms with Gasteiger partial charge in [-0.15, -0.1) is 0 Å². The van der Waals surface area contributed by atoms with E-state index >= 15 is 0 Å². The summed E-state index contributed by atoms with van der Waals surface area (Å²) in [6.07, 6.45) is 1.45. The molecule has 1 aliphatic heterocycles. The smallest absolute Gasteiger partial charge is 0.266 e. The molecule has 80 valence electrons. The minimum absolute atomic E-state index is 0.0722. The Kier molecular flexibility index (Phi) is 2.20. The van der Waals surface area contributed by atoms with Crippen molar-refractivity contribution >= 4 is 28.4 Å². The first-order chi connectivity index (χ1) is 7.27. The standard InChI is InChI=1S/C9H11IN4O/c10-6-8(12-3-13-9(6)15)14-7-4-1-11-2-5(4)7/h3-5,7,11H,1-2H2,(H2,12,13,14,15). The van der Waals surface area contributed by atoms with Gasteiger partial charge in [0.25, 0.3) is 5.56 Å². The van der Waals surface area contributed by atoms with Gasteiger partial charge in [0, 0.05) is 19.1 Å². The molecule has 15 heavy (non-hydrogen) atoms. The van der Waals surface area contributed by atoms with Gasteiger partial charge >= 0.3 is 0 Å². The maximum atomic E-state index is 11.3. The highest BCUT2D eigenvalue weighted by atomic mass is 127. The molecule has 5 nitrogen and oxygen atoms in total. The highest BCUT2D eigenvalue weighted by Crippen LogP contribution is 2.43. The molecule has 0 aromatic carbocycles. The fraction of sp³-hybridized carbons (Fsp3) is 0.556. The molecule has 0 bridgehead atoms. The first-order valence-electron chi connectivity index (χ1n) is 4.98. The Hall–Kier alpha value is -0.630. The summed E-state index contributed by atoms with van der Waals surface area (Å²) in [5, 5.41) is 6.68. The molecule has 2 fully saturated rings. The lowest BCUT2D eigenvalue weighted by Gasteiger charge is -2.08. The van der Waals surface area contributed by atoms with Gasteiger partial charge in [0.05, 0.1) is 6.33 Å². The maximum absolute atomic E-state index is 11.3. The van der Waals surface area contributed by atoms with Crippen molar-refractivity contribution in [3.05, 3.63) is 20.3 Å². The van der Waals surface area contributed by atoms with E-state index in [1.54, 1.807) is 0 Å². The van der Waals surface area contributed by atoms with Gasteiger partial charge in [0.15, 0.2) is 0 Å². The fourth-order valence-electron chi connectivity index (χ4n) is 2.27. The lowest BCUT2D eigenvalue weighted by Crippen LogP contribution is -2.23. The van der Waals surface area contributed by atoms with Crippen LogP contribution in [-0.4, -0.2) is 29.1 Å². The van der Waals surface area contributed by atoms with Crippen LogP contribution in [0, 0.1) is 15.4 Å². The molecule has 2 atom stereocenters.